The van der Waals surface area contributed by atoms with Crippen molar-refractivity contribution in [1.29, 1.82) is 0 Å². The fourth-order valence-corrected chi connectivity index (χ4v) is 3.58. The van der Waals surface area contributed by atoms with Gasteiger partial charge < -0.3 is 9.88 Å². The van der Waals surface area contributed by atoms with Gasteiger partial charge >= 0.3 is 0 Å². The molecular weight excluding hydrogens is 206 g/mol. The van der Waals surface area contributed by atoms with Crippen LogP contribution < -0.4 is 5.32 Å². The van der Waals surface area contributed by atoms with Gasteiger partial charge in [0.15, 0.2) is 5.16 Å². The van der Waals surface area contributed by atoms with Gasteiger partial charge in [-0.05, 0) is 25.8 Å². The molecule has 1 heterocycles. The van der Waals surface area contributed by atoms with Gasteiger partial charge in [-0.1, -0.05) is 18.7 Å². The maximum absolute atomic E-state index is 4.37. The van der Waals surface area contributed by atoms with E-state index in [2.05, 4.69) is 35.9 Å². The molecule has 84 valence electrons. The maximum Gasteiger partial charge on any atom is 0.167 e. The molecule has 1 aromatic heterocycles. The van der Waals surface area contributed by atoms with Gasteiger partial charge in [-0.2, -0.15) is 0 Å². The number of nitrogens with one attached hydrogen (secondary N) is 1. The normalized spacial score (nSPS) is 31.0. The third kappa shape index (κ3) is 2.21. The average Bonchev–Trinajstić information content (AvgIpc) is 2.77. The summed E-state index contributed by atoms with van der Waals surface area (Å²) in [6.07, 6.45) is 6.47. The van der Waals surface area contributed by atoms with Crippen molar-refractivity contribution in [2.45, 2.75) is 36.2 Å². The Hall–Kier alpha value is -0.480. The van der Waals surface area contributed by atoms with Crippen LogP contribution in [0, 0.1) is 5.92 Å². The lowest BCUT2D eigenvalue weighted by molar-refractivity contribution is 0.463. The zero-order chi connectivity index (χ0) is 10.8. The smallest absolute Gasteiger partial charge is 0.167 e. The van der Waals surface area contributed by atoms with Crippen molar-refractivity contribution in [3.63, 3.8) is 0 Å². The Labute approximate surface area is 95.7 Å². The average molecular weight is 225 g/mol. The number of hydrogen-bond acceptors (Lipinski definition) is 3. The first-order valence-electron chi connectivity index (χ1n) is 5.53. The molecule has 1 aliphatic rings. The van der Waals surface area contributed by atoms with Gasteiger partial charge in [-0.25, -0.2) is 4.98 Å². The Morgan fingerprint density at radius 1 is 1.53 bits per heavy atom. The summed E-state index contributed by atoms with van der Waals surface area (Å²) < 4.78 is 2.10. The highest BCUT2D eigenvalue weighted by molar-refractivity contribution is 7.99. The second kappa shape index (κ2) is 4.58. The van der Waals surface area contributed by atoms with E-state index in [4.69, 9.17) is 0 Å². The zero-order valence-electron chi connectivity index (χ0n) is 9.60. The minimum absolute atomic E-state index is 0.683. The predicted molar refractivity (Wildman–Crippen MR) is 64.1 cm³/mol. The molecule has 4 heteroatoms. The summed E-state index contributed by atoms with van der Waals surface area (Å²) in [5.74, 6) is 0.733. The van der Waals surface area contributed by atoms with E-state index in [-0.39, 0.29) is 0 Å². The van der Waals surface area contributed by atoms with Crippen LogP contribution in [0.2, 0.25) is 0 Å². The van der Waals surface area contributed by atoms with Crippen molar-refractivity contribution >= 4 is 11.8 Å². The molecule has 0 aromatic carbocycles. The Morgan fingerprint density at radius 3 is 2.87 bits per heavy atom. The Balaban J connectivity index is 1.99. The lowest BCUT2D eigenvalue weighted by atomic mass is 10.1. The van der Waals surface area contributed by atoms with E-state index in [1.165, 1.54) is 12.8 Å². The molecule has 0 bridgehead atoms. The fraction of sp³-hybridized carbons (Fsp3) is 0.727. The minimum Gasteiger partial charge on any atom is -0.329 e. The highest BCUT2D eigenvalue weighted by atomic mass is 32.2. The molecule has 0 saturated heterocycles. The molecule has 3 atom stereocenters. The van der Waals surface area contributed by atoms with Crippen LogP contribution >= 0.6 is 11.8 Å². The number of aromatic nitrogens is 2. The van der Waals surface area contributed by atoms with Gasteiger partial charge in [0.1, 0.15) is 0 Å². The van der Waals surface area contributed by atoms with Crippen LogP contribution in [0.4, 0.5) is 0 Å². The Kier molecular flexibility index (Phi) is 3.36. The van der Waals surface area contributed by atoms with Gasteiger partial charge in [0.05, 0.1) is 0 Å². The van der Waals surface area contributed by atoms with Gasteiger partial charge in [-0.3, -0.25) is 0 Å². The molecule has 1 fully saturated rings. The Morgan fingerprint density at radius 2 is 2.33 bits per heavy atom. The number of hydrogen-bond donors (Lipinski definition) is 1. The van der Waals surface area contributed by atoms with E-state index in [0.29, 0.717) is 11.3 Å². The Bertz CT molecular complexity index is 323. The number of aryl methyl sites for hydroxylation is 1. The van der Waals surface area contributed by atoms with Crippen molar-refractivity contribution in [1.82, 2.24) is 14.9 Å². The van der Waals surface area contributed by atoms with Crippen molar-refractivity contribution in [3.05, 3.63) is 12.4 Å². The lowest BCUT2D eigenvalue weighted by Crippen LogP contribution is -2.30. The van der Waals surface area contributed by atoms with E-state index in [1.54, 1.807) is 0 Å². The first-order valence-corrected chi connectivity index (χ1v) is 6.41. The third-order valence-corrected chi connectivity index (χ3v) is 4.96. The second-order valence-electron chi connectivity index (χ2n) is 4.31. The zero-order valence-corrected chi connectivity index (χ0v) is 10.4. The van der Waals surface area contributed by atoms with Crippen LogP contribution in [-0.2, 0) is 7.05 Å². The van der Waals surface area contributed by atoms with E-state index in [0.717, 1.165) is 11.1 Å². The van der Waals surface area contributed by atoms with Crippen LogP contribution in [0.1, 0.15) is 19.8 Å². The third-order valence-electron chi connectivity index (χ3n) is 3.39. The van der Waals surface area contributed by atoms with E-state index < -0.39 is 0 Å². The number of thioether (sulfide) groups is 1. The van der Waals surface area contributed by atoms with E-state index >= 15 is 0 Å². The van der Waals surface area contributed by atoms with Crippen molar-refractivity contribution in [2.75, 3.05) is 7.05 Å². The van der Waals surface area contributed by atoms with Crippen molar-refractivity contribution in [3.8, 4) is 0 Å². The molecule has 3 unspecified atom stereocenters. The molecule has 2 rings (SSSR count). The van der Waals surface area contributed by atoms with Crippen LogP contribution in [0.3, 0.4) is 0 Å². The molecule has 1 aromatic rings. The van der Waals surface area contributed by atoms with Gasteiger partial charge in [-0.15, -0.1) is 0 Å². The number of imidazole rings is 1. The summed E-state index contributed by atoms with van der Waals surface area (Å²) in [4.78, 5) is 4.37. The van der Waals surface area contributed by atoms with Crippen LogP contribution in [0.15, 0.2) is 17.6 Å². The van der Waals surface area contributed by atoms with E-state index in [9.17, 15) is 0 Å². The molecule has 0 spiro atoms. The largest absolute Gasteiger partial charge is 0.329 e. The van der Waals surface area contributed by atoms with Crippen LogP contribution in [-0.4, -0.2) is 27.9 Å². The van der Waals surface area contributed by atoms with Crippen molar-refractivity contribution in [2.24, 2.45) is 13.0 Å². The topological polar surface area (TPSA) is 29.9 Å². The van der Waals surface area contributed by atoms with Crippen LogP contribution in [0.5, 0.6) is 0 Å². The highest BCUT2D eigenvalue weighted by Crippen LogP contribution is 2.37. The molecule has 0 aliphatic heterocycles. The first-order chi connectivity index (χ1) is 7.22. The molecule has 15 heavy (non-hydrogen) atoms. The minimum atomic E-state index is 0.683. The summed E-state index contributed by atoms with van der Waals surface area (Å²) in [5.41, 5.74) is 0. The van der Waals surface area contributed by atoms with Gasteiger partial charge in [0.2, 0.25) is 0 Å². The molecule has 0 radical (unpaired) electrons. The maximum atomic E-state index is 4.37. The van der Waals surface area contributed by atoms with Gasteiger partial charge in [0, 0.05) is 30.7 Å². The quantitative estimate of drug-likeness (QED) is 0.852. The SMILES string of the molecule is CNC1CCC(Sc2nccn2C)C1C. The van der Waals surface area contributed by atoms with Gasteiger partial charge in [0.25, 0.3) is 0 Å². The fourth-order valence-electron chi connectivity index (χ4n) is 2.30. The molecule has 1 N–H and O–H groups in total. The second-order valence-corrected chi connectivity index (χ2v) is 5.52. The summed E-state index contributed by atoms with van der Waals surface area (Å²) in [5, 5.41) is 5.25. The molecule has 0 amide bonds. The first kappa shape index (κ1) is 11.0. The number of nitrogens with zero attached hydrogens (tertiary/aromatic N) is 2. The summed E-state index contributed by atoms with van der Waals surface area (Å²) in [6, 6.07) is 0.683. The standard InChI is InChI=1S/C11H19N3S/c1-8-9(12-2)4-5-10(8)15-11-13-6-7-14(11)3/h6-10,12H,4-5H2,1-3H3. The predicted octanol–water partition coefficient (Wildman–Crippen LogP) is 1.90. The van der Waals surface area contributed by atoms with E-state index in [1.807, 2.05) is 24.2 Å². The highest BCUT2D eigenvalue weighted by Gasteiger charge is 2.32. The monoisotopic (exact) mass is 225 g/mol. The number of rotatable bonds is 3. The molecule has 1 saturated carbocycles. The summed E-state index contributed by atoms with van der Waals surface area (Å²) in [7, 11) is 4.12. The lowest BCUT2D eigenvalue weighted by Gasteiger charge is -2.19. The molecule has 1 aliphatic carbocycles. The van der Waals surface area contributed by atoms with Crippen molar-refractivity contribution < 1.29 is 0 Å². The molecule has 3 nitrogen and oxygen atoms in total. The summed E-state index contributed by atoms with van der Waals surface area (Å²) >= 11 is 1.92. The van der Waals surface area contributed by atoms with Crippen LogP contribution in [0.25, 0.3) is 0 Å². The molecular formula is C11H19N3S. The summed E-state index contributed by atoms with van der Waals surface area (Å²) in [6.45, 7) is 2.34.